The molecule has 0 saturated heterocycles. The average molecular weight is 318 g/mol. The van der Waals surface area contributed by atoms with Gasteiger partial charge in [-0.1, -0.05) is 35.9 Å². The van der Waals surface area contributed by atoms with Crippen LogP contribution in [0, 0.1) is 0 Å². The van der Waals surface area contributed by atoms with E-state index in [0.29, 0.717) is 29.1 Å². The van der Waals surface area contributed by atoms with Gasteiger partial charge in [0.1, 0.15) is 0 Å². The number of hydrogen-bond acceptors (Lipinski definition) is 3. The number of carbonyl (C=O) groups is 2. The average Bonchev–Trinajstić information content (AvgIpc) is 2.54. The summed E-state index contributed by atoms with van der Waals surface area (Å²) in [5, 5.41) is 3.41. The second-order valence-corrected chi connectivity index (χ2v) is 5.15. The molecule has 22 heavy (non-hydrogen) atoms. The van der Waals surface area contributed by atoms with Gasteiger partial charge in [0.05, 0.1) is 18.4 Å². The Morgan fingerprint density at radius 1 is 1.09 bits per heavy atom. The van der Waals surface area contributed by atoms with Crippen molar-refractivity contribution in [3.8, 4) is 0 Å². The van der Waals surface area contributed by atoms with Gasteiger partial charge in [-0.25, -0.2) is 4.79 Å². The number of rotatable bonds is 5. The third-order valence-electron chi connectivity index (χ3n) is 3.16. The highest BCUT2D eigenvalue weighted by molar-refractivity contribution is 6.30. The molecule has 114 valence electrons. The first-order valence-electron chi connectivity index (χ1n) is 6.82. The van der Waals surface area contributed by atoms with Gasteiger partial charge in [0.25, 0.3) is 0 Å². The molecule has 0 saturated carbocycles. The summed E-state index contributed by atoms with van der Waals surface area (Å²) in [6.07, 6.45) is 0.917. The van der Waals surface area contributed by atoms with Crippen molar-refractivity contribution in [2.75, 3.05) is 12.4 Å². The fourth-order valence-electron chi connectivity index (χ4n) is 2.00. The van der Waals surface area contributed by atoms with Gasteiger partial charge in [-0.05, 0) is 36.2 Å². The maximum atomic E-state index is 12.0. The van der Waals surface area contributed by atoms with E-state index >= 15 is 0 Å². The summed E-state index contributed by atoms with van der Waals surface area (Å²) >= 11 is 5.82. The number of anilines is 1. The van der Waals surface area contributed by atoms with E-state index in [-0.39, 0.29) is 5.91 Å². The number of benzene rings is 2. The summed E-state index contributed by atoms with van der Waals surface area (Å²) in [6, 6.07) is 14.1. The van der Waals surface area contributed by atoms with Crippen molar-refractivity contribution in [1.82, 2.24) is 0 Å². The van der Waals surface area contributed by atoms with E-state index in [4.69, 9.17) is 16.3 Å². The van der Waals surface area contributed by atoms with Crippen molar-refractivity contribution in [3.05, 3.63) is 64.7 Å². The Morgan fingerprint density at radius 3 is 2.45 bits per heavy atom. The predicted octanol–water partition coefficient (Wildman–Crippen LogP) is 3.70. The highest BCUT2D eigenvalue weighted by Crippen LogP contribution is 2.17. The van der Waals surface area contributed by atoms with Gasteiger partial charge in [0, 0.05) is 11.4 Å². The normalized spacial score (nSPS) is 10.1. The minimum absolute atomic E-state index is 0.161. The van der Waals surface area contributed by atoms with Gasteiger partial charge >= 0.3 is 5.97 Å². The zero-order valence-corrected chi connectivity index (χ0v) is 12.9. The lowest BCUT2D eigenvalue weighted by Crippen LogP contribution is -2.15. The Morgan fingerprint density at radius 2 is 1.77 bits per heavy atom. The third-order valence-corrected chi connectivity index (χ3v) is 3.41. The Labute approximate surface area is 134 Å². The van der Waals surface area contributed by atoms with Gasteiger partial charge in [0.2, 0.25) is 5.91 Å². The van der Waals surface area contributed by atoms with Crippen molar-refractivity contribution >= 4 is 29.2 Å². The highest BCUT2D eigenvalue weighted by Gasteiger charge is 2.13. The molecule has 1 amide bonds. The zero-order chi connectivity index (χ0) is 15.9. The summed E-state index contributed by atoms with van der Waals surface area (Å²) in [5.41, 5.74) is 1.82. The SMILES string of the molecule is COC(=O)c1ccccc1NC(=O)CCc1ccc(Cl)cc1. The molecular weight excluding hydrogens is 302 g/mol. The van der Waals surface area contributed by atoms with E-state index in [9.17, 15) is 9.59 Å². The van der Waals surface area contributed by atoms with Crippen LogP contribution in [0.15, 0.2) is 48.5 Å². The number of hydrogen-bond donors (Lipinski definition) is 1. The Bertz CT molecular complexity index is 668. The molecule has 0 radical (unpaired) electrons. The lowest BCUT2D eigenvalue weighted by atomic mass is 10.1. The van der Waals surface area contributed by atoms with Crippen LogP contribution >= 0.6 is 11.6 Å². The number of nitrogens with one attached hydrogen (secondary N) is 1. The number of methoxy groups -OCH3 is 1. The molecule has 1 N–H and O–H groups in total. The lowest BCUT2D eigenvalue weighted by Gasteiger charge is -2.09. The third kappa shape index (κ3) is 4.33. The minimum Gasteiger partial charge on any atom is -0.465 e. The van der Waals surface area contributed by atoms with Gasteiger partial charge < -0.3 is 10.1 Å². The van der Waals surface area contributed by atoms with Crippen molar-refractivity contribution in [1.29, 1.82) is 0 Å². The van der Waals surface area contributed by atoms with Crippen molar-refractivity contribution in [2.24, 2.45) is 0 Å². The van der Waals surface area contributed by atoms with Gasteiger partial charge in [-0.2, -0.15) is 0 Å². The smallest absolute Gasteiger partial charge is 0.339 e. The zero-order valence-electron chi connectivity index (χ0n) is 12.1. The number of aryl methyl sites for hydroxylation is 1. The summed E-state index contributed by atoms with van der Waals surface area (Å²) < 4.78 is 4.70. The van der Waals surface area contributed by atoms with Gasteiger partial charge in [-0.3, -0.25) is 4.79 Å². The molecule has 0 aromatic heterocycles. The maximum absolute atomic E-state index is 12.0. The van der Waals surface area contributed by atoms with Crippen LogP contribution in [-0.2, 0) is 16.0 Å². The van der Waals surface area contributed by atoms with E-state index in [2.05, 4.69) is 5.32 Å². The first-order chi connectivity index (χ1) is 10.6. The van der Waals surface area contributed by atoms with E-state index in [0.717, 1.165) is 5.56 Å². The minimum atomic E-state index is -0.478. The quantitative estimate of drug-likeness (QED) is 0.855. The molecule has 0 aliphatic carbocycles. The van der Waals surface area contributed by atoms with Crippen LogP contribution in [0.25, 0.3) is 0 Å². The molecule has 0 unspecified atom stereocenters. The molecular formula is C17H16ClNO3. The number of esters is 1. The molecule has 0 heterocycles. The molecule has 0 spiro atoms. The largest absolute Gasteiger partial charge is 0.465 e. The highest BCUT2D eigenvalue weighted by atomic mass is 35.5. The number of halogens is 1. The van der Waals surface area contributed by atoms with Gasteiger partial charge in [-0.15, -0.1) is 0 Å². The summed E-state index contributed by atoms with van der Waals surface area (Å²) in [6.45, 7) is 0. The summed E-state index contributed by atoms with van der Waals surface area (Å²) in [4.78, 5) is 23.7. The second-order valence-electron chi connectivity index (χ2n) is 4.71. The topological polar surface area (TPSA) is 55.4 Å². The molecule has 2 rings (SSSR count). The van der Waals surface area contributed by atoms with Crippen LogP contribution in [0.3, 0.4) is 0 Å². The molecule has 2 aromatic carbocycles. The predicted molar refractivity (Wildman–Crippen MR) is 86.2 cm³/mol. The molecule has 0 aliphatic heterocycles. The summed E-state index contributed by atoms with van der Waals surface area (Å²) in [5.74, 6) is -0.639. The van der Waals surface area contributed by atoms with E-state index in [1.807, 2.05) is 12.1 Å². The lowest BCUT2D eigenvalue weighted by molar-refractivity contribution is -0.116. The van der Waals surface area contributed by atoms with Crippen molar-refractivity contribution in [2.45, 2.75) is 12.8 Å². The number of carbonyl (C=O) groups excluding carboxylic acids is 2. The number of para-hydroxylation sites is 1. The molecule has 0 fully saturated rings. The van der Waals surface area contributed by atoms with Crippen LogP contribution < -0.4 is 5.32 Å². The monoisotopic (exact) mass is 317 g/mol. The van der Waals surface area contributed by atoms with E-state index in [1.165, 1.54) is 7.11 Å². The Balaban J connectivity index is 1.97. The first-order valence-corrected chi connectivity index (χ1v) is 7.19. The molecule has 2 aromatic rings. The molecule has 0 aliphatic rings. The first kappa shape index (κ1) is 16.0. The van der Waals surface area contributed by atoms with Crippen LogP contribution in [0.5, 0.6) is 0 Å². The van der Waals surface area contributed by atoms with Crippen LogP contribution in [0.4, 0.5) is 5.69 Å². The van der Waals surface area contributed by atoms with Gasteiger partial charge in [0.15, 0.2) is 0 Å². The molecule has 0 bridgehead atoms. The van der Waals surface area contributed by atoms with Crippen molar-refractivity contribution in [3.63, 3.8) is 0 Å². The van der Waals surface area contributed by atoms with E-state index < -0.39 is 5.97 Å². The fraction of sp³-hybridized carbons (Fsp3) is 0.176. The van der Waals surface area contributed by atoms with Crippen LogP contribution in [-0.4, -0.2) is 19.0 Å². The second kappa shape index (κ2) is 7.61. The number of amides is 1. The Kier molecular flexibility index (Phi) is 5.55. The summed E-state index contributed by atoms with van der Waals surface area (Å²) in [7, 11) is 1.31. The molecule has 5 heteroatoms. The molecule has 0 atom stereocenters. The van der Waals surface area contributed by atoms with Crippen molar-refractivity contribution < 1.29 is 14.3 Å². The fourth-order valence-corrected chi connectivity index (χ4v) is 2.13. The maximum Gasteiger partial charge on any atom is 0.339 e. The molecule has 4 nitrogen and oxygen atoms in total. The van der Waals surface area contributed by atoms with E-state index in [1.54, 1.807) is 36.4 Å². The standard InChI is InChI=1S/C17H16ClNO3/c1-22-17(21)14-4-2-3-5-15(14)19-16(20)11-8-12-6-9-13(18)10-7-12/h2-7,9-10H,8,11H2,1H3,(H,19,20). The number of ether oxygens (including phenoxy) is 1. The Hall–Kier alpha value is -2.33. The van der Waals surface area contributed by atoms with Crippen LogP contribution in [0.2, 0.25) is 5.02 Å². The van der Waals surface area contributed by atoms with Crippen LogP contribution in [0.1, 0.15) is 22.3 Å².